The second-order valence-corrected chi connectivity index (χ2v) is 3.49. The van der Waals surface area contributed by atoms with Crippen molar-refractivity contribution in [3.63, 3.8) is 0 Å². The summed E-state index contributed by atoms with van der Waals surface area (Å²) in [6.45, 7) is 0.108. The maximum Gasteiger partial charge on any atom is 0.0607 e. The summed E-state index contributed by atoms with van der Waals surface area (Å²) >= 11 is 11.7. The molecule has 1 aromatic rings. The molecule has 1 nitrogen and oxygen atoms in total. The molecular formula is C9H10Cl2O. The van der Waals surface area contributed by atoms with E-state index in [4.69, 9.17) is 28.3 Å². The molecule has 3 heteroatoms. The highest BCUT2D eigenvalue weighted by Gasteiger charge is 2.05. The molecule has 0 saturated heterocycles. The minimum atomic E-state index is -0.118. The third-order valence-corrected chi connectivity index (χ3v) is 2.34. The minimum Gasteiger partial charge on any atom is -0.396 e. The fourth-order valence-electron chi connectivity index (χ4n) is 0.952. The zero-order valence-electron chi connectivity index (χ0n) is 6.50. The van der Waals surface area contributed by atoms with Crippen LogP contribution in [-0.4, -0.2) is 11.7 Å². The van der Waals surface area contributed by atoms with E-state index >= 15 is 0 Å². The van der Waals surface area contributed by atoms with Gasteiger partial charge in [0.2, 0.25) is 0 Å². The van der Waals surface area contributed by atoms with E-state index in [-0.39, 0.29) is 12.0 Å². The number of benzene rings is 1. The first kappa shape index (κ1) is 9.85. The minimum absolute atomic E-state index is 0.108. The number of aliphatic hydroxyl groups excluding tert-OH is 1. The van der Waals surface area contributed by atoms with Gasteiger partial charge in [0.05, 0.1) is 5.38 Å². The number of alkyl halides is 1. The van der Waals surface area contributed by atoms with E-state index < -0.39 is 0 Å². The number of hydrogen-bond acceptors (Lipinski definition) is 1. The summed E-state index contributed by atoms with van der Waals surface area (Å²) in [7, 11) is 0. The van der Waals surface area contributed by atoms with Gasteiger partial charge in [-0.2, -0.15) is 0 Å². The summed E-state index contributed by atoms with van der Waals surface area (Å²) in [5.74, 6) is 0. The highest BCUT2D eigenvalue weighted by atomic mass is 35.5. The molecule has 66 valence electrons. The summed E-state index contributed by atoms with van der Waals surface area (Å²) in [6, 6.07) is 7.33. The maximum atomic E-state index is 8.64. The normalized spacial score (nSPS) is 12.9. The van der Waals surface area contributed by atoms with Crippen LogP contribution in [0.25, 0.3) is 0 Å². The molecule has 0 amide bonds. The van der Waals surface area contributed by atoms with E-state index in [2.05, 4.69) is 0 Å². The van der Waals surface area contributed by atoms with Gasteiger partial charge in [0.25, 0.3) is 0 Å². The Hall–Kier alpha value is -0.240. The van der Waals surface area contributed by atoms with Gasteiger partial charge in [-0.1, -0.05) is 23.7 Å². The Kier molecular flexibility index (Phi) is 3.86. The predicted molar refractivity (Wildman–Crippen MR) is 51.7 cm³/mol. The van der Waals surface area contributed by atoms with Crippen molar-refractivity contribution in [2.24, 2.45) is 0 Å². The average Bonchev–Trinajstić information content (AvgIpc) is 2.06. The second kappa shape index (κ2) is 4.70. The molecule has 0 aliphatic heterocycles. The largest absolute Gasteiger partial charge is 0.396 e. The smallest absolute Gasteiger partial charge is 0.0607 e. The van der Waals surface area contributed by atoms with Crippen LogP contribution in [0.4, 0.5) is 0 Å². The van der Waals surface area contributed by atoms with Crippen LogP contribution in [0.2, 0.25) is 5.02 Å². The van der Waals surface area contributed by atoms with E-state index in [9.17, 15) is 0 Å². The molecule has 0 bridgehead atoms. The predicted octanol–water partition coefficient (Wildman–Crippen LogP) is 3.00. The lowest BCUT2D eigenvalue weighted by molar-refractivity contribution is 0.286. The Morgan fingerprint density at radius 1 is 1.25 bits per heavy atom. The number of rotatable bonds is 3. The van der Waals surface area contributed by atoms with Crippen molar-refractivity contribution in [2.45, 2.75) is 11.8 Å². The monoisotopic (exact) mass is 204 g/mol. The lowest BCUT2D eigenvalue weighted by Gasteiger charge is -2.06. The van der Waals surface area contributed by atoms with Gasteiger partial charge in [-0.25, -0.2) is 0 Å². The molecule has 1 aromatic carbocycles. The summed E-state index contributed by atoms with van der Waals surface area (Å²) in [5.41, 5.74) is 0.995. The molecular weight excluding hydrogens is 195 g/mol. The maximum absolute atomic E-state index is 8.64. The molecule has 0 aliphatic rings. The highest BCUT2D eigenvalue weighted by Crippen LogP contribution is 2.24. The molecule has 0 saturated carbocycles. The molecule has 0 aliphatic carbocycles. The van der Waals surface area contributed by atoms with Crippen LogP contribution in [-0.2, 0) is 0 Å². The van der Waals surface area contributed by atoms with Gasteiger partial charge in [0, 0.05) is 11.6 Å². The van der Waals surface area contributed by atoms with Crippen LogP contribution in [0.15, 0.2) is 24.3 Å². The van der Waals surface area contributed by atoms with E-state index in [1.54, 1.807) is 12.1 Å². The van der Waals surface area contributed by atoms with Gasteiger partial charge in [-0.15, -0.1) is 11.6 Å². The van der Waals surface area contributed by atoms with Gasteiger partial charge in [-0.05, 0) is 24.1 Å². The number of halogens is 2. The lowest BCUT2D eigenvalue weighted by Crippen LogP contribution is -1.93. The molecule has 1 rings (SSSR count). The van der Waals surface area contributed by atoms with E-state index in [0.29, 0.717) is 11.4 Å². The van der Waals surface area contributed by atoms with E-state index in [0.717, 1.165) is 5.56 Å². The molecule has 1 unspecified atom stereocenters. The first-order valence-corrected chi connectivity index (χ1v) is 4.56. The standard InChI is InChI=1S/C9H10Cl2O/c10-8-3-1-7(2-4-8)9(11)5-6-12/h1-4,9,12H,5-6H2. The summed E-state index contributed by atoms with van der Waals surface area (Å²) in [6.07, 6.45) is 0.573. The fraction of sp³-hybridized carbons (Fsp3) is 0.333. The molecule has 12 heavy (non-hydrogen) atoms. The Labute approximate surface area is 81.9 Å². The molecule has 0 fully saturated rings. The van der Waals surface area contributed by atoms with Gasteiger partial charge in [0.1, 0.15) is 0 Å². The summed E-state index contributed by atoms with van der Waals surface area (Å²) < 4.78 is 0. The summed E-state index contributed by atoms with van der Waals surface area (Å²) in [5, 5.41) is 9.22. The van der Waals surface area contributed by atoms with Crippen LogP contribution in [0.3, 0.4) is 0 Å². The Balaban J connectivity index is 2.68. The van der Waals surface area contributed by atoms with Gasteiger partial charge in [-0.3, -0.25) is 0 Å². The van der Waals surface area contributed by atoms with Crippen LogP contribution >= 0.6 is 23.2 Å². The Morgan fingerprint density at radius 2 is 1.83 bits per heavy atom. The van der Waals surface area contributed by atoms with E-state index in [1.165, 1.54) is 0 Å². The van der Waals surface area contributed by atoms with Crippen molar-refractivity contribution < 1.29 is 5.11 Å². The topological polar surface area (TPSA) is 20.2 Å². The first-order chi connectivity index (χ1) is 5.74. The van der Waals surface area contributed by atoms with Crippen molar-refractivity contribution in [3.05, 3.63) is 34.9 Å². The lowest BCUT2D eigenvalue weighted by atomic mass is 10.1. The first-order valence-electron chi connectivity index (χ1n) is 3.74. The average molecular weight is 205 g/mol. The quantitative estimate of drug-likeness (QED) is 0.752. The number of hydrogen-bond donors (Lipinski definition) is 1. The van der Waals surface area contributed by atoms with Crippen LogP contribution in [0, 0.1) is 0 Å². The highest BCUT2D eigenvalue weighted by molar-refractivity contribution is 6.30. The molecule has 0 heterocycles. The van der Waals surface area contributed by atoms with Crippen LogP contribution in [0.5, 0.6) is 0 Å². The van der Waals surface area contributed by atoms with Crippen molar-refractivity contribution in [3.8, 4) is 0 Å². The van der Waals surface area contributed by atoms with Gasteiger partial charge in [0.15, 0.2) is 0 Å². The molecule has 1 N–H and O–H groups in total. The van der Waals surface area contributed by atoms with Gasteiger partial charge < -0.3 is 5.11 Å². The van der Waals surface area contributed by atoms with E-state index in [1.807, 2.05) is 12.1 Å². The third-order valence-electron chi connectivity index (χ3n) is 1.61. The Bertz CT molecular complexity index is 233. The van der Waals surface area contributed by atoms with Crippen molar-refractivity contribution in [1.82, 2.24) is 0 Å². The molecule has 0 radical (unpaired) electrons. The molecule has 0 aromatic heterocycles. The van der Waals surface area contributed by atoms with Crippen molar-refractivity contribution in [2.75, 3.05) is 6.61 Å². The van der Waals surface area contributed by atoms with Crippen LogP contribution in [0.1, 0.15) is 17.4 Å². The third kappa shape index (κ3) is 2.67. The molecule has 0 spiro atoms. The van der Waals surface area contributed by atoms with Gasteiger partial charge >= 0.3 is 0 Å². The zero-order chi connectivity index (χ0) is 8.97. The van der Waals surface area contributed by atoms with Crippen LogP contribution < -0.4 is 0 Å². The SMILES string of the molecule is OCCC(Cl)c1ccc(Cl)cc1. The Morgan fingerprint density at radius 3 is 2.33 bits per heavy atom. The fourth-order valence-corrected chi connectivity index (χ4v) is 1.32. The number of aliphatic hydroxyl groups is 1. The zero-order valence-corrected chi connectivity index (χ0v) is 8.02. The second-order valence-electron chi connectivity index (χ2n) is 2.53. The van der Waals surface area contributed by atoms with Crippen molar-refractivity contribution >= 4 is 23.2 Å². The summed E-state index contributed by atoms with van der Waals surface area (Å²) in [4.78, 5) is 0. The van der Waals surface area contributed by atoms with Crippen molar-refractivity contribution in [1.29, 1.82) is 0 Å². The molecule has 1 atom stereocenters.